The number of hydrogen-bond donors (Lipinski definition) is 0. The van der Waals surface area contributed by atoms with Gasteiger partial charge in [-0.1, -0.05) is 12.1 Å². The zero-order valence-corrected chi connectivity index (χ0v) is 15.3. The van der Waals surface area contributed by atoms with Crippen molar-refractivity contribution < 1.29 is 4.79 Å². The van der Waals surface area contributed by atoms with Crippen molar-refractivity contribution >= 4 is 17.7 Å². The summed E-state index contributed by atoms with van der Waals surface area (Å²) in [6, 6.07) is 8.30. The summed E-state index contributed by atoms with van der Waals surface area (Å²) >= 11 is 1.72. The summed E-state index contributed by atoms with van der Waals surface area (Å²) in [7, 11) is 0. The molecule has 5 heteroatoms. The van der Waals surface area contributed by atoms with Gasteiger partial charge in [0.15, 0.2) is 0 Å². The third kappa shape index (κ3) is 3.83. The molecule has 1 aromatic carbocycles. The van der Waals surface area contributed by atoms with Gasteiger partial charge in [-0.25, -0.2) is 4.98 Å². The number of nitrogens with zero attached hydrogens (tertiary/aromatic N) is 3. The Bertz CT molecular complexity index is 680. The van der Waals surface area contributed by atoms with Crippen LogP contribution in [0.5, 0.6) is 0 Å². The van der Waals surface area contributed by atoms with E-state index in [2.05, 4.69) is 47.0 Å². The number of benzene rings is 1. The fraction of sp³-hybridized carbons (Fsp3) is 0.474. The van der Waals surface area contributed by atoms with Gasteiger partial charge in [0, 0.05) is 42.8 Å². The number of rotatable bonds is 5. The Hall–Kier alpha value is -1.75. The summed E-state index contributed by atoms with van der Waals surface area (Å²) in [4.78, 5) is 20.5. The van der Waals surface area contributed by atoms with E-state index < -0.39 is 0 Å². The summed E-state index contributed by atoms with van der Waals surface area (Å²) < 4.78 is 2.19. The fourth-order valence-electron chi connectivity index (χ4n) is 3.39. The third-order valence-electron chi connectivity index (χ3n) is 4.74. The second kappa shape index (κ2) is 7.88. The Morgan fingerprint density at radius 2 is 2.12 bits per heavy atom. The number of likely N-dealkylation sites (tertiary alicyclic amines) is 1. The molecule has 3 rings (SSSR count). The van der Waals surface area contributed by atoms with E-state index in [1.54, 1.807) is 11.8 Å². The van der Waals surface area contributed by atoms with E-state index in [0.29, 0.717) is 12.3 Å². The molecule has 0 saturated carbocycles. The van der Waals surface area contributed by atoms with Crippen LogP contribution in [-0.2, 0) is 17.8 Å². The number of carbonyl (C=O) groups excluding carboxylic acids is 1. The predicted octanol–water partition coefficient (Wildman–Crippen LogP) is 3.57. The molecular weight excluding hydrogens is 318 g/mol. The molecule has 24 heavy (non-hydrogen) atoms. The number of piperidine rings is 1. The molecule has 2 heterocycles. The summed E-state index contributed by atoms with van der Waals surface area (Å²) in [5, 5.41) is 0. The highest BCUT2D eigenvalue weighted by molar-refractivity contribution is 7.98. The Morgan fingerprint density at radius 1 is 1.33 bits per heavy atom. The number of hydrogen-bond acceptors (Lipinski definition) is 3. The van der Waals surface area contributed by atoms with E-state index in [4.69, 9.17) is 0 Å². The van der Waals surface area contributed by atoms with Crippen LogP contribution in [0.15, 0.2) is 41.6 Å². The average Bonchev–Trinajstić information content (AvgIpc) is 3.11. The molecule has 0 N–H and O–H groups in total. The lowest BCUT2D eigenvalue weighted by molar-refractivity contribution is -0.131. The summed E-state index contributed by atoms with van der Waals surface area (Å²) in [6.07, 6.45) is 8.62. The first kappa shape index (κ1) is 17.1. The van der Waals surface area contributed by atoms with E-state index in [1.807, 2.05) is 17.3 Å². The summed E-state index contributed by atoms with van der Waals surface area (Å²) in [5.74, 6) is 1.71. The number of carbonyl (C=O) groups is 1. The van der Waals surface area contributed by atoms with Crippen LogP contribution in [0.1, 0.15) is 37.1 Å². The van der Waals surface area contributed by atoms with Gasteiger partial charge in [0.05, 0.1) is 6.42 Å². The van der Waals surface area contributed by atoms with Crippen LogP contribution in [0.25, 0.3) is 0 Å². The maximum Gasteiger partial charge on any atom is 0.227 e. The van der Waals surface area contributed by atoms with Gasteiger partial charge < -0.3 is 9.47 Å². The highest BCUT2D eigenvalue weighted by Crippen LogP contribution is 2.26. The maximum absolute atomic E-state index is 12.7. The first-order chi connectivity index (χ1) is 11.7. The van der Waals surface area contributed by atoms with Crippen LogP contribution in [0.3, 0.4) is 0 Å². The number of amides is 1. The van der Waals surface area contributed by atoms with Gasteiger partial charge in [0.2, 0.25) is 5.91 Å². The van der Waals surface area contributed by atoms with E-state index in [0.717, 1.165) is 43.9 Å². The molecule has 1 amide bonds. The predicted molar refractivity (Wildman–Crippen MR) is 98.4 cm³/mol. The maximum atomic E-state index is 12.7. The van der Waals surface area contributed by atoms with Crippen molar-refractivity contribution in [1.82, 2.24) is 14.5 Å². The highest BCUT2D eigenvalue weighted by Gasteiger charge is 2.27. The molecule has 0 spiro atoms. The standard InChI is InChI=1S/C19H25N3OS/c1-3-21-12-10-20-19(21)16-5-4-11-22(14-16)18(23)13-15-6-8-17(24-2)9-7-15/h6-10,12,16H,3-5,11,13-14H2,1-2H3/t16-/m1/s1. The molecule has 1 saturated heterocycles. The number of imidazole rings is 1. The first-order valence-electron chi connectivity index (χ1n) is 8.63. The highest BCUT2D eigenvalue weighted by atomic mass is 32.2. The molecule has 1 atom stereocenters. The van der Waals surface area contributed by atoms with Crippen molar-refractivity contribution in [3.63, 3.8) is 0 Å². The van der Waals surface area contributed by atoms with Gasteiger partial charge in [0.1, 0.15) is 5.82 Å². The zero-order chi connectivity index (χ0) is 16.9. The lowest BCUT2D eigenvalue weighted by Crippen LogP contribution is -2.40. The second-order valence-corrected chi connectivity index (χ2v) is 7.15. The molecule has 0 aliphatic carbocycles. The normalized spacial score (nSPS) is 17.9. The van der Waals surface area contributed by atoms with E-state index in [9.17, 15) is 4.79 Å². The summed E-state index contributed by atoms with van der Waals surface area (Å²) in [5.41, 5.74) is 1.09. The van der Waals surface area contributed by atoms with Crippen molar-refractivity contribution in [2.24, 2.45) is 0 Å². The molecule has 1 aromatic heterocycles. The van der Waals surface area contributed by atoms with Crippen molar-refractivity contribution in [2.45, 2.75) is 43.5 Å². The smallest absolute Gasteiger partial charge is 0.227 e. The quantitative estimate of drug-likeness (QED) is 0.779. The van der Waals surface area contributed by atoms with Crippen LogP contribution in [-0.4, -0.2) is 39.7 Å². The van der Waals surface area contributed by atoms with Crippen molar-refractivity contribution in [2.75, 3.05) is 19.3 Å². The van der Waals surface area contributed by atoms with Gasteiger partial charge in [-0.2, -0.15) is 0 Å². The van der Waals surface area contributed by atoms with Crippen molar-refractivity contribution in [3.8, 4) is 0 Å². The number of thioether (sulfide) groups is 1. The Balaban J connectivity index is 1.64. The SMILES string of the molecule is CCn1ccnc1[C@@H]1CCCN(C(=O)Cc2ccc(SC)cc2)C1. The zero-order valence-electron chi connectivity index (χ0n) is 14.4. The largest absolute Gasteiger partial charge is 0.342 e. The van der Waals surface area contributed by atoms with Crippen LogP contribution >= 0.6 is 11.8 Å². The van der Waals surface area contributed by atoms with Crippen molar-refractivity contribution in [1.29, 1.82) is 0 Å². The molecule has 1 aliphatic heterocycles. The molecule has 0 radical (unpaired) electrons. The van der Waals surface area contributed by atoms with E-state index in [1.165, 1.54) is 4.90 Å². The molecule has 0 bridgehead atoms. The molecular formula is C19H25N3OS. The molecule has 1 aliphatic rings. The monoisotopic (exact) mass is 343 g/mol. The molecule has 0 unspecified atom stereocenters. The van der Waals surface area contributed by atoms with Crippen LogP contribution < -0.4 is 0 Å². The topological polar surface area (TPSA) is 38.1 Å². The minimum Gasteiger partial charge on any atom is -0.342 e. The lowest BCUT2D eigenvalue weighted by atomic mass is 9.96. The van der Waals surface area contributed by atoms with Gasteiger partial charge in [-0.3, -0.25) is 4.79 Å². The Morgan fingerprint density at radius 3 is 2.83 bits per heavy atom. The Kier molecular flexibility index (Phi) is 5.61. The molecule has 2 aromatic rings. The molecule has 4 nitrogen and oxygen atoms in total. The first-order valence-corrected chi connectivity index (χ1v) is 9.85. The van der Waals surface area contributed by atoms with Gasteiger partial charge in [0.25, 0.3) is 0 Å². The molecule has 1 fully saturated rings. The number of aryl methyl sites for hydroxylation is 1. The van der Waals surface area contributed by atoms with Crippen LogP contribution in [0.4, 0.5) is 0 Å². The average molecular weight is 343 g/mol. The minimum atomic E-state index is 0.228. The van der Waals surface area contributed by atoms with Gasteiger partial charge in [-0.05, 0) is 43.7 Å². The summed E-state index contributed by atoms with van der Waals surface area (Å²) in [6.45, 7) is 4.72. The fourth-order valence-corrected chi connectivity index (χ4v) is 3.80. The minimum absolute atomic E-state index is 0.228. The van der Waals surface area contributed by atoms with Gasteiger partial charge in [-0.15, -0.1) is 11.8 Å². The third-order valence-corrected chi connectivity index (χ3v) is 5.49. The lowest BCUT2D eigenvalue weighted by Gasteiger charge is -2.32. The molecule has 128 valence electrons. The van der Waals surface area contributed by atoms with Crippen LogP contribution in [0.2, 0.25) is 0 Å². The van der Waals surface area contributed by atoms with E-state index in [-0.39, 0.29) is 5.91 Å². The van der Waals surface area contributed by atoms with Crippen LogP contribution in [0, 0.1) is 0 Å². The second-order valence-electron chi connectivity index (χ2n) is 6.28. The van der Waals surface area contributed by atoms with Crippen molar-refractivity contribution in [3.05, 3.63) is 48.0 Å². The van der Waals surface area contributed by atoms with Gasteiger partial charge >= 0.3 is 0 Å². The Labute approximate surface area is 148 Å². The number of aromatic nitrogens is 2. The van der Waals surface area contributed by atoms with E-state index >= 15 is 0 Å².